The van der Waals surface area contributed by atoms with E-state index in [0.29, 0.717) is 6.54 Å². The molecule has 2 rings (SSSR count). The highest BCUT2D eigenvalue weighted by molar-refractivity contribution is 5.83. The summed E-state index contributed by atoms with van der Waals surface area (Å²) >= 11 is 0. The van der Waals surface area contributed by atoms with Gasteiger partial charge in [-0.3, -0.25) is 9.69 Å². The van der Waals surface area contributed by atoms with E-state index < -0.39 is 0 Å². The largest absolute Gasteiger partial charge is 0.353 e. The summed E-state index contributed by atoms with van der Waals surface area (Å²) in [5, 5.41) is 5.39. The number of benzene rings is 1. The van der Waals surface area contributed by atoms with Crippen molar-refractivity contribution >= 4 is 11.9 Å². The maximum absolute atomic E-state index is 13.2. The van der Waals surface area contributed by atoms with Gasteiger partial charge in [-0.25, -0.2) is 9.18 Å². The van der Waals surface area contributed by atoms with E-state index in [0.717, 1.165) is 31.5 Å². The molecule has 0 radical (unpaired) electrons. The highest BCUT2D eigenvalue weighted by Gasteiger charge is 2.24. The van der Waals surface area contributed by atoms with Gasteiger partial charge in [-0.05, 0) is 43.6 Å². The van der Waals surface area contributed by atoms with Crippen molar-refractivity contribution in [3.8, 4) is 0 Å². The molecule has 1 heterocycles. The minimum atomic E-state index is -0.306. The van der Waals surface area contributed by atoms with Crippen LogP contribution in [0.2, 0.25) is 0 Å². The van der Waals surface area contributed by atoms with E-state index in [-0.39, 0.29) is 30.3 Å². The quantitative estimate of drug-likeness (QED) is 0.824. The van der Waals surface area contributed by atoms with Crippen LogP contribution in [-0.4, -0.2) is 62.0 Å². The lowest BCUT2D eigenvalue weighted by Gasteiger charge is -2.28. The third kappa shape index (κ3) is 5.19. The first-order chi connectivity index (χ1) is 11.5. The van der Waals surface area contributed by atoms with Crippen molar-refractivity contribution in [2.45, 2.75) is 18.9 Å². The van der Waals surface area contributed by atoms with E-state index in [9.17, 15) is 14.0 Å². The predicted octanol–water partition coefficient (Wildman–Crippen LogP) is 1.35. The zero-order valence-corrected chi connectivity index (χ0v) is 14.2. The number of rotatable bonds is 6. The molecule has 1 aliphatic heterocycles. The van der Waals surface area contributed by atoms with Gasteiger partial charge in [0.25, 0.3) is 0 Å². The van der Waals surface area contributed by atoms with Crippen molar-refractivity contribution in [3.05, 3.63) is 35.6 Å². The van der Waals surface area contributed by atoms with E-state index in [1.165, 1.54) is 17.0 Å². The lowest BCUT2D eigenvalue weighted by molar-refractivity contribution is -0.120. The van der Waals surface area contributed by atoms with Crippen LogP contribution < -0.4 is 10.6 Å². The molecule has 1 atom stereocenters. The third-order valence-corrected chi connectivity index (χ3v) is 4.14. The SMILES string of the molecule is CN(C)C(=O)NCC(=O)NC[C@@H](c1ccc(F)cc1)N1CCCC1. The second-order valence-corrected chi connectivity index (χ2v) is 6.17. The van der Waals surface area contributed by atoms with Crippen molar-refractivity contribution in [1.29, 1.82) is 0 Å². The molecule has 1 aliphatic rings. The van der Waals surface area contributed by atoms with Gasteiger partial charge < -0.3 is 15.5 Å². The molecule has 0 aromatic heterocycles. The van der Waals surface area contributed by atoms with Crippen LogP contribution in [0.4, 0.5) is 9.18 Å². The zero-order valence-electron chi connectivity index (χ0n) is 14.2. The van der Waals surface area contributed by atoms with Crippen LogP contribution in [0.3, 0.4) is 0 Å². The maximum Gasteiger partial charge on any atom is 0.317 e. The Morgan fingerprint density at radius 3 is 2.38 bits per heavy atom. The smallest absolute Gasteiger partial charge is 0.317 e. The Hall–Kier alpha value is -2.15. The summed E-state index contributed by atoms with van der Waals surface area (Å²) in [6.45, 7) is 2.31. The molecular formula is C17H25FN4O2. The fourth-order valence-corrected chi connectivity index (χ4v) is 2.78. The summed E-state index contributed by atoms with van der Waals surface area (Å²) in [6, 6.07) is 6.12. The first-order valence-electron chi connectivity index (χ1n) is 8.18. The molecule has 3 amide bonds. The molecule has 24 heavy (non-hydrogen) atoms. The Labute approximate surface area is 142 Å². The van der Waals surface area contributed by atoms with Crippen molar-refractivity contribution in [1.82, 2.24) is 20.4 Å². The van der Waals surface area contributed by atoms with Crippen LogP contribution in [0, 0.1) is 5.82 Å². The average Bonchev–Trinajstić information content (AvgIpc) is 3.08. The second-order valence-electron chi connectivity index (χ2n) is 6.17. The number of urea groups is 1. The molecule has 0 unspecified atom stereocenters. The summed E-state index contributed by atoms with van der Waals surface area (Å²) in [4.78, 5) is 27.1. The number of nitrogens with zero attached hydrogens (tertiary/aromatic N) is 2. The fourth-order valence-electron chi connectivity index (χ4n) is 2.78. The Kier molecular flexibility index (Phi) is 6.54. The first-order valence-corrected chi connectivity index (χ1v) is 8.18. The molecule has 1 aromatic rings. The molecule has 0 aliphatic carbocycles. The second kappa shape index (κ2) is 8.63. The van der Waals surface area contributed by atoms with Crippen molar-refractivity contribution in [3.63, 3.8) is 0 Å². The summed E-state index contributed by atoms with van der Waals surface area (Å²) in [7, 11) is 3.23. The highest BCUT2D eigenvalue weighted by atomic mass is 19.1. The summed E-state index contributed by atoms with van der Waals surface area (Å²) in [5.41, 5.74) is 0.982. The van der Waals surface area contributed by atoms with Crippen LogP contribution in [0.1, 0.15) is 24.4 Å². The summed E-state index contributed by atoms with van der Waals surface area (Å²) in [6.07, 6.45) is 2.26. The molecule has 2 N–H and O–H groups in total. The van der Waals surface area contributed by atoms with Crippen molar-refractivity contribution in [2.24, 2.45) is 0 Å². The van der Waals surface area contributed by atoms with Gasteiger partial charge in [0, 0.05) is 20.6 Å². The number of hydrogen-bond acceptors (Lipinski definition) is 3. The summed E-state index contributed by atoms with van der Waals surface area (Å²) in [5.74, 6) is -0.508. The molecule has 132 valence electrons. The van der Waals surface area contributed by atoms with Crippen LogP contribution in [0.5, 0.6) is 0 Å². The van der Waals surface area contributed by atoms with Crippen LogP contribution >= 0.6 is 0 Å². The fraction of sp³-hybridized carbons (Fsp3) is 0.529. The van der Waals surface area contributed by atoms with Gasteiger partial charge in [-0.1, -0.05) is 12.1 Å². The van der Waals surface area contributed by atoms with E-state index in [1.54, 1.807) is 26.2 Å². The van der Waals surface area contributed by atoms with Crippen molar-refractivity contribution < 1.29 is 14.0 Å². The first kappa shape index (κ1) is 18.2. The number of amides is 3. The molecule has 1 saturated heterocycles. The maximum atomic E-state index is 13.2. The minimum absolute atomic E-state index is 0.0154. The molecule has 7 heteroatoms. The number of halogens is 1. The Morgan fingerprint density at radius 2 is 1.79 bits per heavy atom. The average molecular weight is 336 g/mol. The lowest BCUT2D eigenvalue weighted by atomic mass is 10.1. The molecule has 0 bridgehead atoms. The monoisotopic (exact) mass is 336 g/mol. The molecule has 1 aromatic carbocycles. The van der Waals surface area contributed by atoms with E-state index in [2.05, 4.69) is 15.5 Å². The van der Waals surface area contributed by atoms with Gasteiger partial charge in [0.05, 0.1) is 12.6 Å². The minimum Gasteiger partial charge on any atom is -0.353 e. The van der Waals surface area contributed by atoms with Crippen LogP contribution in [0.15, 0.2) is 24.3 Å². The number of carbonyl (C=O) groups excluding carboxylic acids is 2. The van der Waals surface area contributed by atoms with Gasteiger partial charge in [0.2, 0.25) is 5.91 Å². The van der Waals surface area contributed by atoms with Crippen molar-refractivity contribution in [2.75, 3.05) is 40.3 Å². The van der Waals surface area contributed by atoms with Crippen LogP contribution in [0.25, 0.3) is 0 Å². The molecule has 1 fully saturated rings. The van der Waals surface area contributed by atoms with Gasteiger partial charge >= 0.3 is 6.03 Å². The molecule has 0 spiro atoms. The number of carbonyl (C=O) groups is 2. The van der Waals surface area contributed by atoms with Crippen LogP contribution in [-0.2, 0) is 4.79 Å². The van der Waals surface area contributed by atoms with Gasteiger partial charge in [0.1, 0.15) is 5.82 Å². The van der Waals surface area contributed by atoms with E-state index in [4.69, 9.17) is 0 Å². The lowest BCUT2D eigenvalue weighted by Crippen LogP contribution is -2.43. The third-order valence-electron chi connectivity index (χ3n) is 4.14. The number of nitrogens with one attached hydrogen (secondary N) is 2. The van der Waals surface area contributed by atoms with Gasteiger partial charge in [-0.15, -0.1) is 0 Å². The van der Waals surface area contributed by atoms with E-state index >= 15 is 0 Å². The number of hydrogen-bond donors (Lipinski definition) is 2. The standard InChI is InChI=1S/C17H25FN4O2/c1-21(2)17(24)20-12-16(23)19-11-15(22-9-3-4-10-22)13-5-7-14(18)8-6-13/h5-8,15H,3-4,9-12H2,1-2H3,(H,19,23)(H,20,24)/t15-/m0/s1. The highest BCUT2D eigenvalue weighted by Crippen LogP contribution is 2.24. The molecule has 6 nitrogen and oxygen atoms in total. The Morgan fingerprint density at radius 1 is 1.17 bits per heavy atom. The van der Waals surface area contributed by atoms with Gasteiger partial charge in [-0.2, -0.15) is 0 Å². The zero-order chi connectivity index (χ0) is 17.5. The normalized spacial score (nSPS) is 15.8. The summed E-state index contributed by atoms with van der Waals surface area (Å²) < 4.78 is 13.2. The number of likely N-dealkylation sites (tertiary alicyclic amines) is 1. The Balaban J connectivity index is 1.92. The molecule has 0 saturated carbocycles. The van der Waals surface area contributed by atoms with E-state index in [1.807, 2.05) is 0 Å². The Bertz CT molecular complexity index is 556. The predicted molar refractivity (Wildman–Crippen MR) is 90.0 cm³/mol. The molecular weight excluding hydrogens is 311 g/mol. The van der Waals surface area contributed by atoms with Gasteiger partial charge in [0.15, 0.2) is 0 Å². The topological polar surface area (TPSA) is 64.7 Å².